The number of methoxy groups -OCH3 is 2. The molecule has 0 atom stereocenters. The molecule has 0 radical (unpaired) electrons. The Balaban J connectivity index is 1.89. The van der Waals surface area contributed by atoms with Gasteiger partial charge in [0.2, 0.25) is 0 Å². The third kappa shape index (κ3) is 5.55. The molecule has 2 aromatic carbocycles. The molecule has 0 aliphatic carbocycles. The van der Waals surface area contributed by atoms with E-state index >= 15 is 0 Å². The zero-order chi connectivity index (χ0) is 18.2. The van der Waals surface area contributed by atoms with Gasteiger partial charge in [0.15, 0.2) is 18.1 Å². The molecule has 25 heavy (non-hydrogen) atoms. The van der Waals surface area contributed by atoms with E-state index in [2.05, 4.69) is 10.5 Å². The zero-order valence-corrected chi connectivity index (χ0v) is 15.1. The summed E-state index contributed by atoms with van der Waals surface area (Å²) in [5.41, 5.74) is 3.09. The van der Waals surface area contributed by atoms with Crippen molar-refractivity contribution in [2.45, 2.75) is 0 Å². The van der Waals surface area contributed by atoms with Gasteiger partial charge in [0.25, 0.3) is 5.91 Å². The fourth-order valence-corrected chi connectivity index (χ4v) is 2.21. The molecule has 132 valence electrons. The minimum absolute atomic E-state index is 0.247. The number of ether oxygens (including phenoxy) is 3. The Morgan fingerprint density at radius 1 is 1.08 bits per heavy atom. The van der Waals surface area contributed by atoms with Crippen molar-refractivity contribution in [1.29, 1.82) is 0 Å². The van der Waals surface area contributed by atoms with Gasteiger partial charge in [0, 0.05) is 11.1 Å². The molecule has 0 fully saturated rings. The van der Waals surface area contributed by atoms with Gasteiger partial charge in [-0.1, -0.05) is 23.2 Å². The van der Waals surface area contributed by atoms with Crippen molar-refractivity contribution in [3.8, 4) is 17.2 Å². The van der Waals surface area contributed by atoms with Crippen LogP contribution in [0.3, 0.4) is 0 Å². The maximum atomic E-state index is 11.8. The van der Waals surface area contributed by atoms with Gasteiger partial charge >= 0.3 is 0 Å². The lowest BCUT2D eigenvalue weighted by atomic mass is 10.2. The van der Waals surface area contributed by atoms with Crippen LogP contribution in [0.4, 0.5) is 0 Å². The second kappa shape index (κ2) is 9.15. The van der Waals surface area contributed by atoms with Gasteiger partial charge in [0.1, 0.15) is 5.75 Å². The molecule has 2 rings (SSSR count). The van der Waals surface area contributed by atoms with Crippen molar-refractivity contribution < 1.29 is 19.0 Å². The molecule has 0 bridgehead atoms. The third-order valence-electron chi connectivity index (χ3n) is 3.06. The van der Waals surface area contributed by atoms with Crippen LogP contribution in [0.15, 0.2) is 41.5 Å². The SMILES string of the molecule is COc1ccc(/C=N/NC(=O)COc2cc(Cl)ccc2Cl)cc1OC. The average Bonchev–Trinajstić information content (AvgIpc) is 2.62. The molecule has 0 unspecified atom stereocenters. The summed E-state index contributed by atoms with van der Waals surface area (Å²) in [6.07, 6.45) is 1.48. The van der Waals surface area contributed by atoms with Crippen LogP contribution in [0, 0.1) is 0 Å². The number of carbonyl (C=O) groups is 1. The topological polar surface area (TPSA) is 69.2 Å². The van der Waals surface area contributed by atoms with Crippen molar-refractivity contribution in [1.82, 2.24) is 5.43 Å². The summed E-state index contributed by atoms with van der Waals surface area (Å²) >= 11 is 11.8. The highest BCUT2D eigenvalue weighted by Crippen LogP contribution is 2.28. The molecule has 0 saturated carbocycles. The highest BCUT2D eigenvalue weighted by atomic mass is 35.5. The summed E-state index contributed by atoms with van der Waals surface area (Å²) in [5.74, 6) is 1.06. The minimum atomic E-state index is -0.437. The molecular weight excluding hydrogens is 367 g/mol. The van der Waals surface area contributed by atoms with E-state index in [1.165, 1.54) is 12.3 Å². The number of halogens is 2. The van der Waals surface area contributed by atoms with Gasteiger partial charge in [-0.2, -0.15) is 5.10 Å². The molecule has 0 saturated heterocycles. The molecular formula is C17H16Cl2N2O4. The maximum Gasteiger partial charge on any atom is 0.277 e. The van der Waals surface area contributed by atoms with Crippen molar-refractivity contribution in [2.24, 2.45) is 5.10 Å². The molecule has 0 heterocycles. The number of rotatable bonds is 7. The number of hydrogen-bond acceptors (Lipinski definition) is 5. The maximum absolute atomic E-state index is 11.8. The number of nitrogens with one attached hydrogen (secondary N) is 1. The fraction of sp³-hybridized carbons (Fsp3) is 0.176. The first kappa shape index (κ1) is 18.9. The Bertz CT molecular complexity index is 781. The van der Waals surface area contributed by atoms with Crippen molar-refractivity contribution in [3.05, 3.63) is 52.0 Å². The Kier molecular flexibility index (Phi) is 6.91. The first-order valence-corrected chi connectivity index (χ1v) is 7.91. The first-order valence-electron chi connectivity index (χ1n) is 7.15. The summed E-state index contributed by atoms with van der Waals surface area (Å²) in [5, 5.41) is 4.70. The molecule has 6 nitrogen and oxygen atoms in total. The number of carbonyl (C=O) groups excluding carboxylic acids is 1. The Hall–Kier alpha value is -2.44. The fourth-order valence-electron chi connectivity index (χ4n) is 1.88. The van der Waals surface area contributed by atoms with Gasteiger partial charge in [-0.15, -0.1) is 0 Å². The van der Waals surface area contributed by atoms with Crippen molar-refractivity contribution in [2.75, 3.05) is 20.8 Å². The van der Waals surface area contributed by atoms with Crippen molar-refractivity contribution in [3.63, 3.8) is 0 Å². The van der Waals surface area contributed by atoms with Crippen LogP contribution in [0.2, 0.25) is 10.0 Å². The van der Waals surface area contributed by atoms with Gasteiger partial charge in [-0.25, -0.2) is 5.43 Å². The second-order valence-corrected chi connectivity index (χ2v) is 5.61. The van der Waals surface area contributed by atoms with E-state index in [1.807, 2.05) is 0 Å². The first-order chi connectivity index (χ1) is 12.0. The van der Waals surface area contributed by atoms with Crippen LogP contribution in [-0.4, -0.2) is 32.9 Å². The highest BCUT2D eigenvalue weighted by Gasteiger charge is 2.06. The summed E-state index contributed by atoms with van der Waals surface area (Å²) in [7, 11) is 3.09. The van der Waals surface area contributed by atoms with Crippen LogP contribution in [-0.2, 0) is 4.79 Å². The molecule has 0 aliphatic heterocycles. The summed E-state index contributed by atoms with van der Waals surface area (Å²) in [6, 6.07) is 10.0. The van der Waals surface area contributed by atoms with Gasteiger partial charge in [-0.05, 0) is 35.9 Å². The predicted molar refractivity (Wildman–Crippen MR) is 97.2 cm³/mol. The summed E-state index contributed by atoms with van der Waals surface area (Å²) < 4.78 is 15.7. The average molecular weight is 383 g/mol. The smallest absolute Gasteiger partial charge is 0.277 e. The van der Waals surface area contributed by atoms with Gasteiger partial charge in [-0.3, -0.25) is 4.79 Å². The minimum Gasteiger partial charge on any atom is -0.493 e. The number of amides is 1. The summed E-state index contributed by atoms with van der Waals surface area (Å²) in [4.78, 5) is 11.8. The van der Waals surface area contributed by atoms with E-state index in [4.69, 9.17) is 37.4 Å². The lowest BCUT2D eigenvalue weighted by Crippen LogP contribution is -2.24. The van der Waals surface area contributed by atoms with Crippen molar-refractivity contribution >= 4 is 35.3 Å². The molecule has 1 N–H and O–H groups in total. The van der Waals surface area contributed by atoms with Gasteiger partial charge < -0.3 is 14.2 Å². The molecule has 1 amide bonds. The van der Waals surface area contributed by atoms with Crippen LogP contribution in [0.1, 0.15) is 5.56 Å². The molecule has 0 aromatic heterocycles. The van der Waals surface area contributed by atoms with Crippen LogP contribution in [0.5, 0.6) is 17.2 Å². The highest BCUT2D eigenvalue weighted by molar-refractivity contribution is 6.34. The zero-order valence-electron chi connectivity index (χ0n) is 13.6. The lowest BCUT2D eigenvalue weighted by molar-refractivity contribution is -0.123. The molecule has 0 aliphatic rings. The Morgan fingerprint density at radius 2 is 1.84 bits per heavy atom. The second-order valence-electron chi connectivity index (χ2n) is 4.77. The van der Waals surface area contributed by atoms with E-state index in [-0.39, 0.29) is 6.61 Å². The molecule has 8 heteroatoms. The summed E-state index contributed by atoms with van der Waals surface area (Å²) in [6.45, 7) is -0.247. The largest absolute Gasteiger partial charge is 0.493 e. The van der Waals surface area contributed by atoms with Crippen LogP contribution >= 0.6 is 23.2 Å². The quantitative estimate of drug-likeness (QED) is 0.587. The normalized spacial score (nSPS) is 10.6. The predicted octanol–water partition coefficient (Wildman–Crippen LogP) is 3.54. The van der Waals surface area contributed by atoms with E-state index in [0.29, 0.717) is 27.3 Å². The number of hydrogen-bond donors (Lipinski definition) is 1. The lowest BCUT2D eigenvalue weighted by Gasteiger charge is -2.08. The Morgan fingerprint density at radius 3 is 2.56 bits per heavy atom. The molecule has 2 aromatic rings. The number of hydrazone groups is 1. The third-order valence-corrected chi connectivity index (χ3v) is 3.61. The Labute approximate surface area is 155 Å². The number of benzene rings is 2. The van der Waals surface area contributed by atoms with E-state index in [9.17, 15) is 4.79 Å². The van der Waals surface area contributed by atoms with E-state index in [0.717, 1.165) is 5.56 Å². The number of nitrogens with zero attached hydrogens (tertiary/aromatic N) is 1. The standard InChI is InChI=1S/C17H16Cl2N2O4/c1-23-14-6-3-11(7-16(14)24-2)9-20-21-17(22)10-25-15-8-12(18)4-5-13(15)19/h3-9H,10H2,1-2H3,(H,21,22)/b20-9+. The van der Waals surface area contributed by atoms with Crippen LogP contribution in [0.25, 0.3) is 0 Å². The van der Waals surface area contributed by atoms with E-state index < -0.39 is 5.91 Å². The van der Waals surface area contributed by atoms with E-state index in [1.54, 1.807) is 44.6 Å². The van der Waals surface area contributed by atoms with Crippen LogP contribution < -0.4 is 19.6 Å². The molecule has 0 spiro atoms. The van der Waals surface area contributed by atoms with Gasteiger partial charge in [0.05, 0.1) is 25.5 Å². The monoisotopic (exact) mass is 382 g/mol.